The predicted molar refractivity (Wildman–Crippen MR) is 130 cm³/mol. The molecule has 2 rings (SSSR count). The van der Waals surface area contributed by atoms with Crippen molar-refractivity contribution in [1.82, 2.24) is 10.3 Å². The number of carbonyl (C=O) groups is 4. The SMILES string of the molecule is CN(C)/N=N/c1ccc(C(=O)c2ccc(OCCC(=O)NC(CCC(N)=O)C(=O)O)cc2)cc1.[NaH]. The third-order valence-electron chi connectivity index (χ3n) is 4.50. The minimum atomic E-state index is -1.25. The average Bonchev–Trinajstić information content (AvgIpc) is 2.80. The number of rotatable bonds is 13. The summed E-state index contributed by atoms with van der Waals surface area (Å²) >= 11 is 0. The number of ketones is 1. The summed E-state index contributed by atoms with van der Waals surface area (Å²) in [7, 11) is 3.51. The Labute approximate surface area is 225 Å². The summed E-state index contributed by atoms with van der Waals surface area (Å²) in [6.45, 7) is 0.00422. The first-order valence-electron chi connectivity index (χ1n) is 10.4. The average molecular weight is 493 g/mol. The standard InChI is InChI=1S/C23H27N5O6.Na.H/c1-28(2)27-26-17-7-3-15(4-8-17)22(31)16-5-9-18(10-6-16)34-14-13-21(30)25-19(23(32)33)11-12-20(24)29;;/h3-10,19H,11-14H2,1-2H3,(H2,24,29)(H,25,30)(H,32,33);;/b27-26+;;. The molecule has 35 heavy (non-hydrogen) atoms. The number of aliphatic carboxylic acids is 1. The van der Waals surface area contributed by atoms with Crippen LogP contribution in [0.4, 0.5) is 5.69 Å². The van der Waals surface area contributed by atoms with Crippen molar-refractivity contribution in [2.24, 2.45) is 16.1 Å². The number of benzene rings is 2. The molecule has 0 aliphatic carbocycles. The summed E-state index contributed by atoms with van der Waals surface area (Å²) in [6.07, 6.45) is -0.321. The molecule has 1 unspecified atom stereocenters. The molecule has 2 aromatic carbocycles. The first kappa shape index (κ1) is 29.8. The van der Waals surface area contributed by atoms with Crippen LogP contribution in [-0.4, -0.2) is 90.0 Å². The number of primary amides is 1. The van der Waals surface area contributed by atoms with E-state index in [0.717, 1.165) is 0 Å². The van der Waals surface area contributed by atoms with Gasteiger partial charge in [-0.15, -0.1) is 5.11 Å². The van der Waals surface area contributed by atoms with Crippen LogP contribution in [-0.2, 0) is 14.4 Å². The van der Waals surface area contributed by atoms with Crippen LogP contribution in [0.5, 0.6) is 5.75 Å². The van der Waals surface area contributed by atoms with E-state index in [1.807, 2.05) is 0 Å². The number of nitrogens with two attached hydrogens (primary N) is 1. The van der Waals surface area contributed by atoms with Crippen molar-refractivity contribution in [3.8, 4) is 5.75 Å². The van der Waals surface area contributed by atoms with Gasteiger partial charge in [-0.25, -0.2) is 4.79 Å². The maximum absolute atomic E-state index is 12.7. The Morgan fingerprint density at radius 3 is 2.09 bits per heavy atom. The zero-order chi connectivity index (χ0) is 25.1. The predicted octanol–water partition coefficient (Wildman–Crippen LogP) is 1.43. The number of carbonyl (C=O) groups excluding carboxylic acids is 3. The Hall–Kier alpha value is -3.28. The molecule has 0 saturated heterocycles. The quantitative estimate of drug-likeness (QED) is 0.164. The van der Waals surface area contributed by atoms with E-state index in [2.05, 4.69) is 15.7 Å². The van der Waals surface area contributed by atoms with E-state index in [4.69, 9.17) is 15.6 Å². The summed E-state index contributed by atoms with van der Waals surface area (Å²) < 4.78 is 5.50. The number of hydrogen-bond acceptors (Lipinski definition) is 7. The van der Waals surface area contributed by atoms with Crippen molar-refractivity contribution in [2.75, 3.05) is 20.7 Å². The normalized spacial score (nSPS) is 11.3. The van der Waals surface area contributed by atoms with Crippen LogP contribution in [0.15, 0.2) is 58.9 Å². The number of nitrogens with zero attached hydrogens (tertiary/aromatic N) is 3. The van der Waals surface area contributed by atoms with Crippen molar-refractivity contribution in [1.29, 1.82) is 0 Å². The van der Waals surface area contributed by atoms with Gasteiger partial charge < -0.3 is 20.9 Å². The minimum absolute atomic E-state index is 0. The van der Waals surface area contributed by atoms with Gasteiger partial charge in [0.05, 0.1) is 18.7 Å². The van der Waals surface area contributed by atoms with Gasteiger partial charge in [-0.05, 0) is 55.0 Å². The van der Waals surface area contributed by atoms with Crippen LogP contribution in [0.1, 0.15) is 35.2 Å². The first-order chi connectivity index (χ1) is 16.2. The van der Waals surface area contributed by atoms with Gasteiger partial charge in [-0.2, -0.15) is 0 Å². The summed E-state index contributed by atoms with van der Waals surface area (Å²) in [4.78, 5) is 46.6. The van der Waals surface area contributed by atoms with Gasteiger partial charge >= 0.3 is 35.5 Å². The van der Waals surface area contributed by atoms with Crippen LogP contribution in [0.2, 0.25) is 0 Å². The van der Waals surface area contributed by atoms with Gasteiger partial charge in [0.15, 0.2) is 5.78 Å². The molecule has 0 spiro atoms. The maximum atomic E-state index is 12.7. The number of ether oxygens (including phenoxy) is 1. The van der Waals surface area contributed by atoms with Crippen molar-refractivity contribution in [3.05, 3.63) is 59.7 Å². The number of amides is 2. The summed E-state index contributed by atoms with van der Waals surface area (Å²) in [5, 5.41) is 20.9. The van der Waals surface area contributed by atoms with E-state index >= 15 is 0 Å². The topological polar surface area (TPSA) is 164 Å². The fourth-order valence-electron chi connectivity index (χ4n) is 2.76. The number of carboxylic acid groups (broad SMARTS) is 1. The molecule has 0 radical (unpaired) electrons. The zero-order valence-electron chi connectivity index (χ0n) is 18.9. The van der Waals surface area contributed by atoms with Gasteiger partial charge in [0.1, 0.15) is 11.8 Å². The van der Waals surface area contributed by atoms with Crippen LogP contribution < -0.4 is 15.8 Å². The van der Waals surface area contributed by atoms with Gasteiger partial charge in [0, 0.05) is 31.6 Å². The number of nitrogens with one attached hydrogen (secondary N) is 1. The molecule has 11 nitrogen and oxygen atoms in total. The molecule has 0 heterocycles. The molecule has 1 atom stereocenters. The van der Waals surface area contributed by atoms with E-state index in [1.165, 1.54) is 0 Å². The van der Waals surface area contributed by atoms with Crippen LogP contribution >= 0.6 is 0 Å². The van der Waals surface area contributed by atoms with Gasteiger partial charge in [0.25, 0.3) is 0 Å². The molecular formula is C23H28N5NaO6. The summed E-state index contributed by atoms with van der Waals surface area (Å²) in [6, 6.07) is 12.0. The second kappa shape index (κ2) is 14.9. The van der Waals surface area contributed by atoms with Crippen molar-refractivity contribution in [3.63, 3.8) is 0 Å². The molecule has 0 bridgehead atoms. The number of carboxylic acids is 1. The molecule has 0 aliphatic rings. The van der Waals surface area contributed by atoms with E-state index in [0.29, 0.717) is 22.6 Å². The van der Waals surface area contributed by atoms with Crippen LogP contribution in [0, 0.1) is 0 Å². The Kier molecular flexibility index (Phi) is 12.6. The second-order valence-electron chi connectivity index (χ2n) is 7.50. The van der Waals surface area contributed by atoms with Gasteiger partial charge in [-0.3, -0.25) is 19.4 Å². The molecule has 4 N–H and O–H groups in total. The van der Waals surface area contributed by atoms with Gasteiger partial charge in [0.2, 0.25) is 11.8 Å². The molecule has 0 saturated carbocycles. The van der Waals surface area contributed by atoms with E-state index in [1.54, 1.807) is 67.6 Å². The first-order valence-corrected chi connectivity index (χ1v) is 10.4. The molecule has 2 amide bonds. The molecule has 12 heteroatoms. The Morgan fingerprint density at radius 1 is 1.00 bits per heavy atom. The monoisotopic (exact) mass is 493 g/mol. The molecule has 2 aromatic rings. The Bertz CT molecular complexity index is 1040. The third-order valence-corrected chi connectivity index (χ3v) is 4.50. The summed E-state index contributed by atoms with van der Waals surface area (Å²) in [5.74, 6) is -2.14. The molecule has 0 fully saturated rings. The number of hydrogen-bond donors (Lipinski definition) is 3. The molecular weight excluding hydrogens is 465 g/mol. The van der Waals surface area contributed by atoms with Crippen molar-refractivity contribution in [2.45, 2.75) is 25.3 Å². The third kappa shape index (κ3) is 10.7. The van der Waals surface area contributed by atoms with E-state index < -0.39 is 23.8 Å². The van der Waals surface area contributed by atoms with Crippen LogP contribution in [0.3, 0.4) is 0 Å². The van der Waals surface area contributed by atoms with Crippen molar-refractivity contribution >= 4 is 58.8 Å². The fraction of sp³-hybridized carbons (Fsp3) is 0.304. The Morgan fingerprint density at radius 2 is 1.57 bits per heavy atom. The van der Waals surface area contributed by atoms with Crippen molar-refractivity contribution < 1.29 is 29.0 Å². The Balaban J connectivity index is 0.00000612. The fourth-order valence-corrected chi connectivity index (χ4v) is 2.76. The summed E-state index contributed by atoms with van der Waals surface area (Å²) in [5.41, 5.74) is 6.60. The molecule has 0 aliphatic heterocycles. The van der Waals surface area contributed by atoms with E-state index in [-0.39, 0.29) is 61.2 Å². The second-order valence-corrected chi connectivity index (χ2v) is 7.50. The van der Waals surface area contributed by atoms with Gasteiger partial charge in [-0.1, -0.05) is 5.22 Å². The van der Waals surface area contributed by atoms with Crippen LogP contribution in [0.25, 0.3) is 0 Å². The zero-order valence-corrected chi connectivity index (χ0v) is 18.9. The molecule has 0 aromatic heterocycles. The molecule has 182 valence electrons. The van der Waals surface area contributed by atoms with E-state index in [9.17, 15) is 19.2 Å².